The molecule has 1 aromatic rings. The summed E-state index contributed by atoms with van der Waals surface area (Å²) in [6, 6.07) is 2.36. The second-order valence-electron chi connectivity index (χ2n) is 5.94. The summed E-state index contributed by atoms with van der Waals surface area (Å²) >= 11 is 0. The Balaban J connectivity index is 2.32. The molecule has 1 fully saturated rings. The Morgan fingerprint density at radius 1 is 0.957 bits per heavy atom. The van der Waals surface area contributed by atoms with Gasteiger partial charge in [-0.15, -0.1) is 0 Å². The standard InChI is InChI=1S/C16H23BF3NO2/c1-5-14(6-2)15(7-3,8-4)23-17(22-14)12-9-10-13(21-11-12)16(18,19)20/h9-11H,5-8H2,1-4H3. The summed E-state index contributed by atoms with van der Waals surface area (Å²) in [5.74, 6) is 0. The summed E-state index contributed by atoms with van der Waals surface area (Å²) in [6.07, 6.45) is -0.0922. The van der Waals surface area contributed by atoms with Crippen molar-refractivity contribution in [1.82, 2.24) is 4.98 Å². The molecule has 1 aliphatic rings. The van der Waals surface area contributed by atoms with Crippen LogP contribution in [-0.2, 0) is 15.5 Å². The van der Waals surface area contributed by atoms with Crippen LogP contribution < -0.4 is 5.46 Å². The molecular formula is C16H23BF3NO2. The van der Waals surface area contributed by atoms with E-state index < -0.39 is 30.2 Å². The molecule has 7 heteroatoms. The number of aromatic nitrogens is 1. The Bertz CT molecular complexity index is 505. The molecule has 1 aromatic heterocycles. The fraction of sp³-hybridized carbons (Fsp3) is 0.688. The van der Waals surface area contributed by atoms with E-state index in [1.807, 2.05) is 0 Å². The van der Waals surface area contributed by atoms with Gasteiger partial charge in [-0.05, 0) is 31.7 Å². The van der Waals surface area contributed by atoms with Gasteiger partial charge < -0.3 is 9.31 Å². The fourth-order valence-electron chi connectivity index (χ4n) is 3.62. The van der Waals surface area contributed by atoms with Gasteiger partial charge in [0.2, 0.25) is 0 Å². The minimum atomic E-state index is -4.44. The molecule has 1 saturated heterocycles. The lowest BCUT2D eigenvalue weighted by atomic mass is 9.75. The van der Waals surface area contributed by atoms with Gasteiger partial charge in [-0.3, -0.25) is 4.98 Å². The first-order valence-corrected chi connectivity index (χ1v) is 8.16. The van der Waals surface area contributed by atoms with Crippen molar-refractivity contribution in [3.8, 4) is 0 Å². The van der Waals surface area contributed by atoms with Gasteiger partial charge in [-0.2, -0.15) is 13.2 Å². The smallest absolute Gasteiger partial charge is 0.399 e. The van der Waals surface area contributed by atoms with Crippen molar-refractivity contribution in [2.75, 3.05) is 0 Å². The third-order valence-corrected chi connectivity index (χ3v) is 5.13. The maximum Gasteiger partial charge on any atom is 0.496 e. The molecule has 0 radical (unpaired) electrons. The van der Waals surface area contributed by atoms with E-state index in [1.165, 1.54) is 12.3 Å². The topological polar surface area (TPSA) is 31.4 Å². The molecular weight excluding hydrogens is 306 g/mol. The van der Waals surface area contributed by atoms with Gasteiger partial charge in [0.25, 0.3) is 0 Å². The summed E-state index contributed by atoms with van der Waals surface area (Å²) in [7, 11) is -0.676. The van der Waals surface area contributed by atoms with Gasteiger partial charge in [-0.25, -0.2) is 0 Å². The predicted molar refractivity (Wildman–Crippen MR) is 83.4 cm³/mol. The van der Waals surface area contributed by atoms with E-state index in [0.29, 0.717) is 5.46 Å². The van der Waals surface area contributed by atoms with Gasteiger partial charge in [0.05, 0.1) is 11.2 Å². The van der Waals surface area contributed by atoms with Crippen molar-refractivity contribution >= 4 is 12.6 Å². The Kier molecular flexibility index (Phi) is 5.11. The van der Waals surface area contributed by atoms with E-state index in [9.17, 15) is 13.2 Å². The second kappa shape index (κ2) is 6.44. The summed E-state index contributed by atoms with van der Waals surface area (Å²) < 4.78 is 50.3. The summed E-state index contributed by atoms with van der Waals surface area (Å²) in [5, 5.41) is 0. The van der Waals surface area contributed by atoms with Crippen molar-refractivity contribution in [3.63, 3.8) is 0 Å². The molecule has 128 valence electrons. The molecule has 0 unspecified atom stereocenters. The molecule has 0 aromatic carbocycles. The first-order valence-electron chi connectivity index (χ1n) is 8.16. The van der Waals surface area contributed by atoms with E-state index in [0.717, 1.165) is 31.7 Å². The van der Waals surface area contributed by atoms with Crippen LogP contribution in [-0.4, -0.2) is 23.3 Å². The third-order valence-electron chi connectivity index (χ3n) is 5.13. The van der Waals surface area contributed by atoms with E-state index >= 15 is 0 Å². The first kappa shape index (κ1) is 18.3. The number of halogens is 3. The molecule has 23 heavy (non-hydrogen) atoms. The highest BCUT2D eigenvalue weighted by Crippen LogP contribution is 2.46. The van der Waals surface area contributed by atoms with Crippen LogP contribution in [0, 0.1) is 0 Å². The molecule has 0 atom stereocenters. The molecule has 2 heterocycles. The molecule has 2 rings (SSSR count). The fourth-order valence-corrected chi connectivity index (χ4v) is 3.62. The first-order chi connectivity index (χ1) is 10.8. The van der Waals surface area contributed by atoms with Crippen LogP contribution in [0.15, 0.2) is 18.3 Å². The van der Waals surface area contributed by atoms with Crippen molar-refractivity contribution in [2.24, 2.45) is 0 Å². The SMILES string of the molecule is CCC1(CC)OB(c2ccc(C(F)(F)F)nc2)OC1(CC)CC. The van der Waals surface area contributed by atoms with Crippen molar-refractivity contribution in [3.05, 3.63) is 24.0 Å². The van der Waals surface area contributed by atoms with Crippen LogP contribution in [0.4, 0.5) is 13.2 Å². The minimum Gasteiger partial charge on any atom is -0.399 e. The summed E-state index contributed by atoms with van der Waals surface area (Å²) in [6.45, 7) is 8.22. The highest BCUT2D eigenvalue weighted by Gasteiger charge is 2.58. The Morgan fingerprint density at radius 2 is 1.43 bits per heavy atom. The van der Waals surface area contributed by atoms with E-state index in [4.69, 9.17) is 9.31 Å². The van der Waals surface area contributed by atoms with Crippen molar-refractivity contribution in [2.45, 2.75) is 70.8 Å². The third kappa shape index (κ3) is 3.01. The second-order valence-corrected chi connectivity index (χ2v) is 5.94. The molecule has 0 bridgehead atoms. The number of hydrogen-bond donors (Lipinski definition) is 0. The highest BCUT2D eigenvalue weighted by molar-refractivity contribution is 6.62. The number of pyridine rings is 1. The normalized spacial score (nSPS) is 20.0. The van der Waals surface area contributed by atoms with Crippen LogP contribution in [0.1, 0.15) is 59.1 Å². The Hall–Kier alpha value is -1.08. The van der Waals surface area contributed by atoms with Gasteiger partial charge in [-0.1, -0.05) is 33.8 Å². The highest BCUT2D eigenvalue weighted by atomic mass is 19.4. The van der Waals surface area contributed by atoms with Crippen LogP contribution in [0.5, 0.6) is 0 Å². The Labute approximate surface area is 135 Å². The minimum absolute atomic E-state index is 0.427. The van der Waals surface area contributed by atoms with Crippen molar-refractivity contribution in [1.29, 1.82) is 0 Å². The molecule has 0 N–H and O–H groups in total. The van der Waals surface area contributed by atoms with Crippen LogP contribution in [0.2, 0.25) is 0 Å². The molecule has 0 spiro atoms. The molecule has 0 amide bonds. The summed E-state index contributed by atoms with van der Waals surface area (Å²) in [5.41, 5.74) is -1.24. The lowest BCUT2D eigenvalue weighted by Gasteiger charge is -2.42. The monoisotopic (exact) mass is 329 g/mol. The Morgan fingerprint density at radius 3 is 1.74 bits per heavy atom. The average molecular weight is 329 g/mol. The zero-order chi connectivity index (χ0) is 17.3. The van der Waals surface area contributed by atoms with Crippen LogP contribution in [0.25, 0.3) is 0 Å². The van der Waals surface area contributed by atoms with E-state index in [1.54, 1.807) is 0 Å². The van der Waals surface area contributed by atoms with E-state index in [2.05, 4.69) is 32.7 Å². The average Bonchev–Trinajstić information content (AvgIpc) is 2.89. The maximum absolute atomic E-state index is 12.6. The zero-order valence-electron chi connectivity index (χ0n) is 14.0. The summed E-state index contributed by atoms with van der Waals surface area (Å²) in [4.78, 5) is 3.51. The lowest BCUT2D eigenvalue weighted by Crippen LogP contribution is -2.50. The van der Waals surface area contributed by atoms with Gasteiger partial charge in [0, 0.05) is 11.7 Å². The van der Waals surface area contributed by atoms with Gasteiger partial charge in [0.15, 0.2) is 0 Å². The number of nitrogens with zero attached hydrogens (tertiary/aromatic N) is 1. The molecule has 3 nitrogen and oxygen atoms in total. The number of rotatable bonds is 5. The predicted octanol–water partition coefficient (Wildman–Crippen LogP) is 3.96. The van der Waals surface area contributed by atoms with E-state index in [-0.39, 0.29) is 0 Å². The number of hydrogen-bond acceptors (Lipinski definition) is 3. The molecule has 0 saturated carbocycles. The maximum atomic E-state index is 12.6. The van der Waals surface area contributed by atoms with Crippen LogP contribution in [0.3, 0.4) is 0 Å². The van der Waals surface area contributed by atoms with Gasteiger partial charge >= 0.3 is 13.3 Å². The van der Waals surface area contributed by atoms with Crippen LogP contribution >= 0.6 is 0 Å². The quantitative estimate of drug-likeness (QED) is 0.766. The zero-order valence-corrected chi connectivity index (χ0v) is 14.0. The molecule has 1 aliphatic heterocycles. The lowest BCUT2D eigenvalue weighted by molar-refractivity contribution is -0.141. The number of alkyl halides is 3. The van der Waals surface area contributed by atoms with Gasteiger partial charge in [0.1, 0.15) is 5.69 Å². The molecule has 0 aliphatic carbocycles. The largest absolute Gasteiger partial charge is 0.496 e. The van der Waals surface area contributed by atoms with Crippen molar-refractivity contribution < 1.29 is 22.5 Å².